The Labute approximate surface area is 207 Å². The number of H-pyrrole nitrogens is 1. The van der Waals surface area contributed by atoms with Crippen molar-refractivity contribution in [3.63, 3.8) is 0 Å². The lowest BCUT2D eigenvalue weighted by Gasteiger charge is -2.29. The molecule has 6 rings (SSSR count). The maximum Gasteiger partial charge on any atom is 0.268 e. The zero-order chi connectivity index (χ0) is 24.3. The van der Waals surface area contributed by atoms with E-state index in [0.717, 1.165) is 55.9 Å². The number of methoxy groups -OCH3 is 1. The third-order valence-corrected chi connectivity index (χ3v) is 6.74. The van der Waals surface area contributed by atoms with Crippen molar-refractivity contribution < 1.29 is 13.9 Å². The van der Waals surface area contributed by atoms with Gasteiger partial charge < -0.3 is 29.4 Å². The largest absolute Gasteiger partial charge is 0.494 e. The van der Waals surface area contributed by atoms with Gasteiger partial charge in [0.25, 0.3) is 5.89 Å². The summed E-state index contributed by atoms with van der Waals surface area (Å²) in [5.41, 5.74) is 2.96. The lowest BCUT2D eigenvalue weighted by Crippen LogP contribution is -2.36. The van der Waals surface area contributed by atoms with Crippen LogP contribution in [0.15, 0.2) is 29.0 Å². The molecule has 188 valence electrons. The molecule has 1 saturated carbocycles. The molecule has 0 unspecified atom stereocenters. The molecule has 0 spiro atoms. The number of benzene rings is 1. The van der Waals surface area contributed by atoms with Crippen LogP contribution >= 0.6 is 0 Å². The van der Waals surface area contributed by atoms with E-state index in [4.69, 9.17) is 18.9 Å². The molecule has 12 heteroatoms. The minimum atomic E-state index is 0.317. The summed E-state index contributed by atoms with van der Waals surface area (Å²) in [5.74, 6) is 2.14. The van der Waals surface area contributed by atoms with Crippen LogP contribution in [0.2, 0.25) is 0 Å². The Bertz CT molecular complexity index is 1310. The van der Waals surface area contributed by atoms with Crippen LogP contribution in [0.1, 0.15) is 32.1 Å². The molecule has 0 amide bonds. The number of fused-ring (bicyclic) bond motifs is 1. The fourth-order valence-electron chi connectivity index (χ4n) is 4.88. The number of nitrogens with one attached hydrogen (secondary N) is 3. The van der Waals surface area contributed by atoms with Gasteiger partial charge in [0.05, 0.1) is 31.4 Å². The number of hydrogen-bond donors (Lipinski definition) is 3. The summed E-state index contributed by atoms with van der Waals surface area (Å²) in [7, 11) is 1.66. The lowest BCUT2D eigenvalue weighted by molar-refractivity contribution is 0.122. The first-order valence-electron chi connectivity index (χ1n) is 12.4. The Kier molecular flexibility index (Phi) is 6.24. The molecule has 0 atom stereocenters. The van der Waals surface area contributed by atoms with Crippen LogP contribution in [-0.4, -0.2) is 69.8 Å². The summed E-state index contributed by atoms with van der Waals surface area (Å²) in [6, 6.07) is 6.41. The number of rotatable bonds is 7. The first-order chi connectivity index (χ1) is 17.8. The van der Waals surface area contributed by atoms with E-state index in [1.54, 1.807) is 7.11 Å². The second-order valence-corrected chi connectivity index (χ2v) is 9.02. The van der Waals surface area contributed by atoms with Crippen LogP contribution < -0.4 is 20.3 Å². The number of anilines is 4. The molecular weight excluding hydrogens is 462 g/mol. The van der Waals surface area contributed by atoms with Crippen molar-refractivity contribution in [1.82, 2.24) is 30.4 Å². The molecule has 36 heavy (non-hydrogen) atoms. The number of morpholine rings is 1. The second-order valence-electron chi connectivity index (χ2n) is 9.02. The summed E-state index contributed by atoms with van der Waals surface area (Å²) in [4.78, 5) is 11.8. The predicted molar refractivity (Wildman–Crippen MR) is 135 cm³/mol. The van der Waals surface area contributed by atoms with Crippen molar-refractivity contribution in [2.45, 2.75) is 38.1 Å². The minimum Gasteiger partial charge on any atom is -0.494 e. The van der Waals surface area contributed by atoms with Gasteiger partial charge in [-0.1, -0.05) is 19.3 Å². The van der Waals surface area contributed by atoms with E-state index in [2.05, 4.69) is 47.0 Å². The van der Waals surface area contributed by atoms with Crippen molar-refractivity contribution >= 4 is 34.2 Å². The maximum atomic E-state index is 5.70. The maximum absolute atomic E-state index is 5.70. The van der Waals surface area contributed by atoms with Gasteiger partial charge in [0, 0.05) is 30.9 Å². The van der Waals surface area contributed by atoms with Crippen LogP contribution in [-0.2, 0) is 4.74 Å². The average Bonchev–Trinajstić information content (AvgIpc) is 3.60. The van der Waals surface area contributed by atoms with Crippen LogP contribution in [0, 0.1) is 0 Å². The third-order valence-electron chi connectivity index (χ3n) is 6.74. The fourth-order valence-corrected chi connectivity index (χ4v) is 4.88. The Morgan fingerprint density at radius 2 is 1.97 bits per heavy atom. The Hall–Kier alpha value is -3.93. The minimum absolute atomic E-state index is 0.317. The van der Waals surface area contributed by atoms with Crippen molar-refractivity contribution in [2.24, 2.45) is 0 Å². The van der Waals surface area contributed by atoms with Crippen molar-refractivity contribution in [3.8, 4) is 17.3 Å². The summed E-state index contributed by atoms with van der Waals surface area (Å²) in [5, 5.41) is 22.9. The Morgan fingerprint density at radius 3 is 2.75 bits per heavy atom. The van der Waals surface area contributed by atoms with E-state index >= 15 is 0 Å². The highest BCUT2D eigenvalue weighted by atomic mass is 16.5. The number of ether oxygens (including phenoxy) is 2. The number of hydrogen-bond acceptors (Lipinski definition) is 11. The number of aromatic amines is 1. The monoisotopic (exact) mass is 491 g/mol. The van der Waals surface area contributed by atoms with Gasteiger partial charge in [-0.15, -0.1) is 10.2 Å². The van der Waals surface area contributed by atoms with Gasteiger partial charge in [-0.25, -0.2) is 0 Å². The van der Waals surface area contributed by atoms with Gasteiger partial charge in [0.1, 0.15) is 11.6 Å². The standard InChI is InChI=1S/C24H29N9O3/c1-34-18-13-16(33-9-11-35-12-10-33)7-8-17(18)27-24-28-21(26-15-5-3-2-4-6-15)19-20(23-32-25-14-36-23)30-31-22(19)29-24/h7-8,13-15H,2-6,9-12H2,1H3,(H3,26,27,28,29,30,31). The molecule has 3 aromatic heterocycles. The van der Waals surface area contributed by atoms with Gasteiger partial charge in [0.2, 0.25) is 12.3 Å². The second kappa shape index (κ2) is 9.97. The van der Waals surface area contributed by atoms with Crippen molar-refractivity contribution in [3.05, 3.63) is 24.6 Å². The molecule has 12 nitrogen and oxygen atoms in total. The summed E-state index contributed by atoms with van der Waals surface area (Å²) >= 11 is 0. The first-order valence-corrected chi connectivity index (χ1v) is 12.4. The summed E-state index contributed by atoms with van der Waals surface area (Å²) in [6.45, 7) is 3.16. The van der Waals surface area contributed by atoms with Crippen LogP contribution in [0.5, 0.6) is 5.75 Å². The van der Waals surface area contributed by atoms with Gasteiger partial charge in [-0.2, -0.15) is 15.1 Å². The van der Waals surface area contributed by atoms with E-state index < -0.39 is 0 Å². The highest BCUT2D eigenvalue weighted by Crippen LogP contribution is 2.35. The molecular formula is C24H29N9O3. The van der Waals surface area contributed by atoms with Crippen molar-refractivity contribution in [2.75, 3.05) is 48.9 Å². The van der Waals surface area contributed by atoms with Gasteiger partial charge in [-0.05, 0) is 25.0 Å². The highest BCUT2D eigenvalue weighted by Gasteiger charge is 2.23. The molecule has 1 aliphatic carbocycles. The van der Waals surface area contributed by atoms with E-state index in [-0.39, 0.29) is 0 Å². The third kappa shape index (κ3) is 4.51. The van der Waals surface area contributed by atoms with E-state index in [1.165, 1.54) is 25.7 Å². The molecule has 0 bridgehead atoms. The number of nitrogens with zero attached hydrogens (tertiary/aromatic N) is 6. The summed E-state index contributed by atoms with van der Waals surface area (Å²) < 4.78 is 16.6. The fraction of sp³-hybridized carbons (Fsp3) is 0.458. The molecule has 1 saturated heterocycles. The SMILES string of the molecule is COc1cc(N2CCOCC2)ccc1Nc1nc(NC2CCCCC2)c2c(-c3nnco3)n[nH]c2n1. The van der Waals surface area contributed by atoms with E-state index in [9.17, 15) is 0 Å². The van der Waals surface area contributed by atoms with Crippen LogP contribution in [0.25, 0.3) is 22.6 Å². The first kappa shape index (κ1) is 22.5. The molecule has 0 radical (unpaired) electrons. The molecule has 2 fully saturated rings. The molecule has 1 aliphatic heterocycles. The molecule has 4 heterocycles. The van der Waals surface area contributed by atoms with Crippen molar-refractivity contribution in [1.29, 1.82) is 0 Å². The lowest BCUT2D eigenvalue weighted by atomic mass is 9.95. The number of aromatic nitrogens is 6. The zero-order valence-electron chi connectivity index (χ0n) is 20.2. The molecule has 3 N–H and O–H groups in total. The Morgan fingerprint density at radius 1 is 1.11 bits per heavy atom. The zero-order valence-corrected chi connectivity index (χ0v) is 20.2. The Balaban J connectivity index is 1.34. The molecule has 4 aromatic rings. The van der Waals surface area contributed by atoms with Crippen LogP contribution in [0.4, 0.5) is 23.1 Å². The topological polar surface area (TPSA) is 139 Å². The normalized spacial score (nSPS) is 16.9. The van der Waals surface area contributed by atoms with Gasteiger partial charge in [-0.3, -0.25) is 5.10 Å². The average molecular weight is 492 g/mol. The van der Waals surface area contributed by atoms with E-state index in [0.29, 0.717) is 40.8 Å². The van der Waals surface area contributed by atoms with Crippen LogP contribution in [0.3, 0.4) is 0 Å². The summed E-state index contributed by atoms with van der Waals surface area (Å²) in [6.07, 6.45) is 7.14. The predicted octanol–water partition coefficient (Wildman–Crippen LogP) is 3.74. The quantitative estimate of drug-likeness (QED) is 0.348. The smallest absolute Gasteiger partial charge is 0.268 e. The van der Waals surface area contributed by atoms with E-state index in [1.807, 2.05) is 12.1 Å². The van der Waals surface area contributed by atoms with Gasteiger partial charge in [0.15, 0.2) is 11.3 Å². The van der Waals surface area contributed by atoms with Gasteiger partial charge >= 0.3 is 0 Å². The highest BCUT2D eigenvalue weighted by molar-refractivity contribution is 5.98. The molecule has 2 aliphatic rings. The molecule has 1 aromatic carbocycles.